The molecule has 162 valence electrons. The molecule has 3 aromatic heterocycles. The Morgan fingerprint density at radius 2 is 1.91 bits per heavy atom. The molecule has 32 heavy (non-hydrogen) atoms. The monoisotopic (exact) mass is 455 g/mol. The van der Waals surface area contributed by atoms with Crippen molar-refractivity contribution in [2.75, 3.05) is 5.32 Å². The molecule has 0 bridgehead atoms. The average Bonchev–Trinajstić information content (AvgIpc) is 3.21. The van der Waals surface area contributed by atoms with Crippen LogP contribution in [-0.2, 0) is 13.1 Å². The molecule has 4 aromatic rings. The molecular formula is C20H15ClFN7O3. The van der Waals surface area contributed by atoms with E-state index < -0.39 is 17.7 Å². The number of carboxylic acids is 1. The molecule has 0 aliphatic heterocycles. The molecule has 3 heterocycles. The summed E-state index contributed by atoms with van der Waals surface area (Å²) >= 11 is 5.76. The number of carboxylic acid groups (broad SMARTS) is 1. The van der Waals surface area contributed by atoms with E-state index in [1.54, 1.807) is 6.07 Å². The Morgan fingerprint density at radius 1 is 1.09 bits per heavy atom. The van der Waals surface area contributed by atoms with Gasteiger partial charge in [-0.3, -0.25) is 9.89 Å². The van der Waals surface area contributed by atoms with Gasteiger partial charge in [0.05, 0.1) is 5.02 Å². The summed E-state index contributed by atoms with van der Waals surface area (Å²) in [4.78, 5) is 35.6. The van der Waals surface area contributed by atoms with E-state index in [2.05, 4.69) is 35.8 Å². The maximum atomic E-state index is 13.3. The molecule has 0 unspecified atom stereocenters. The lowest BCUT2D eigenvalue weighted by Gasteiger charge is -2.06. The van der Waals surface area contributed by atoms with Crippen LogP contribution in [0.15, 0.2) is 42.9 Å². The van der Waals surface area contributed by atoms with E-state index in [0.29, 0.717) is 29.0 Å². The van der Waals surface area contributed by atoms with Gasteiger partial charge in [0.2, 0.25) is 0 Å². The highest BCUT2D eigenvalue weighted by molar-refractivity contribution is 6.30. The third-order valence-corrected chi connectivity index (χ3v) is 4.80. The highest BCUT2D eigenvalue weighted by atomic mass is 35.5. The van der Waals surface area contributed by atoms with Crippen LogP contribution in [0.2, 0.25) is 5.02 Å². The smallest absolute Gasteiger partial charge is 0.354 e. The number of halogens is 2. The van der Waals surface area contributed by atoms with E-state index in [1.165, 1.54) is 36.8 Å². The fraction of sp³-hybridized carbons (Fsp3) is 0.100. The van der Waals surface area contributed by atoms with E-state index in [-0.39, 0.29) is 23.0 Å². The first-order valence-corrected chi connectivity index (χ1v) is 9.63. The summed E-state index contributed by atoms with van der Waals surface area (Å²) in [6.45, 7) is 0.437. The van der Waals surface area contributed by atoms with Crippen molar-refractivity contribution in [3.05, 3.63) is 76.2 Å². The van der Waals surface area contributed by atoms with Gasteiger partial charge in [-0.2, -0.15) is 5.10 Å². The molecule has 0 fully saturated rings. The SMILES string of the molecule is O=C(O)c1ccc(CNc2n[nH]c3c(C(=O)NCc4ccc(F)c(Cl)c4)ncnc23)cn1. The molecule has 0 spiro atoms. The number of H-pyrrole nitrogens is 1. The Morgan fingerprint density at radius 3 is 2.62 bits per heavy atom. The first-order chi connectivity index (χ1) is 15.4. The second kappa shape index (κ2) is 8.94. The van der Waals surface area contributed by atoms with Crippen molar-refractivity contribution in [3.8, 4) is 0 Å². The second-order valence-electron chi connectivity index (χ2n) is 6.66. The summed E-state index contributed by atoms with van der Waals surface area (Å²) in [5.74, 6) is -1.72. The third kappa shape index (κ3) is 4.47. The number of aromatic nitrogens is 5. The van der Waals surface area contributed by atoms with Crippen molar-refractivity contribution < 1.29 is 19.1 Å². The van der Waals surface area contributed by atoms with Gasteiger partial charge < -0.3 is 15.7 Å². The molecule has 1 amide bonds. The minimum Gasteiger partial charge on any atom is -0.477 e. The van der Waals surface area contributed by atoms with Crippen LogP contribution in [0.1, 0.15) is 32.1 Å². The third-order valence-electron chi connectivity index (χ3n) is 4.51. The van der Waals surface area contributed by atoms with E-state index in [4.69, 9.17) is 16.7 Å². The zero-order valence-corrected chi connectivity index (χ0v) is 17.0. The lowest BCUT2D eigenvalue weighted by molar-refractivity contribution is 0.0690. The molecule has 4 N–H and O–H groups in total. The van der Waals surface area contributed by atoms with Gasteiger partial charge >= 0.3 is 5.97 Å². The molecule has 0 aliphatic carbocycles. The van der Waals surface area contributed by atoms with Crippen LogP contribution in [0.3, 0.4) is 0 Å². The molecule has 1 aromatic carbocycles. The van der Waals surface area contributed by atoms with Crippen molar-refractivity contribution in [1.82, 2.24) is 30.5 Å². The molecule has 0 saturated carbocycles. The van der Waals surface area contributed by atoms with Crippen molar-refractivity contribution >= 4 is 40.3 Å². The van der Waals surface area contributed by atoms with Gasteiger partial charge in [-0.15, -0.1) is 0 Å². The number of rotatable bonds is 7. The predicted octanol–water partition coefficient (Wildman–Crippen LogP) is 2.78. The zero-order chi connectivity index (χ0) is 22.7. The maximum Gasteiger partial charge on any atom is 0.354 e. The molecular weight excluding hydrogens is 441 g/mol. The Kier molecular flexibility index (Phi) is 5.90. The normalized spacial score (nSPS) is 10.8. The number of benzene rings is 1. The summed E-state index contributed by atoms with van der Waals surface area (Å²) < 4.78 is 13.3. The van der Waals surface area contributed by atoms with Gasteiger partial charge in [-0.1, -0.05) is 23.7 Å². The van der Waals surface area contributed by atoms with Crippen LogP contribution in [0.25, 0.3) is 11.0 Å². The van der Waals surface area contributed by atoms with Crippen molar-refractivity contribution in [2.45, 2.75) is 13.1 Å². The number of nitrogens with one attached hydrogen (secondary N) is 3. The summed E-state index contributed by atoms with van der Waals surface area (Å²) in [7, 11) is 0. The van der Waals surface area contributed by atoms with E-state index in [0.717, 1.165) is 5.56 Å². The van der Waals surface area contributed by atoms with Gasteiger partial charge in [0.1, 0.15) is 28.9 Å². The topological polar surface area (TPSA) is 146 Å². The Hall–Kier alpha value is -4.12. The predicted molar refractivity (Wildman–Crippen MR) is 113 cm³/mol. The van der Waals surface area contributed by atoms with Crippen LogP contribution in [-0.4, -0.2) is 42.1 Å². The number of fused-ring (bicyclic) bond motifs is 1. The molecule has 0 atom stereocenters. The number of aromatic amines is 1. The average molecular weight is 456 g/mol. The van der Waals surface area contributed by atoms with Gasteiger partial charge in [0.15, 0.2) is 11.5 Å². The molecule has 0 radical (unpaired) electrons. The highest BCUT2D eigenvalue weighted by Gasteiger charge is 2.17. The zero-order valence-electron chi connectivity index (χ0n) is 16.3. The molecule has 12 heteroatoms. The minimum atomic E-state index is -1.10. The number of hydrogen-bond donors (Lipinski definition) is 4. The van der Waals surface area contributed by atoms with Crippen molar-refractivity contribution in [2.24, 2.45) is 0 Å². The van der Waals surface area contributed by atoms with Gasteiger partial charge in [-0.25, -0.2) is 24.1 Å². The van der Waals surface area contributed by atoms with E-state index in [1.807, 2.05) is 0 Å². The molecule has 10 nitrogen and oxygen atoms in total. The van der Waals surface area contributed by atoms with Crippen LogP contribution in [0, 0.1) is 5.82 Å². The van der Waals surface area contributed by atoms with Crippen LogP contribution >= 0.6 is 11.6 Å². The first kappa shape index (κ1) is 21.1. The summed E-state index contributed by atoms with van der Waals surface area (Å²) in [5, 5.41) is 21.5. The number of pyridine rings is 1. The summed E-state index contributed by atoms with van der Waals surface area (Å²) in [5.41, 5.74) is 2.15. The number of carbonyl (C=O) groups excluding carboxylic acids is 1. The Balaban J connectivity index is 1.46. The lowest BCUT2D eigenvalue weighted by atomic mass is 10.2. The molecule has 0 saturated heterocycles. The van der Waals surface area contributed by atoms with Crippen molar-refractivity contribution in [1.29, 1.82) is 0 Å². The van der Waals surface area contributed by atoms with Crippen molar-refractivity contribution in [3.63, 3.8) is 0 Å². The Labute approximate surface area is 184 Å². The number of amides is 1. The number of carbonyl (C=O) groups is 2. The number of hydrogen-bond acceptors (Lipinski definition) is 7. The second-order valence-corrected chi connectivity index (χ2v) is 7.07. The standard InChI is InChI=1S/C20H15ClFN7O3/c21-12-5-10(1-3-13(12)22)6-25-19(30)17-15-16(26-9-27-17)18(29-28-15)24-8-11-2-4-14(20(31)32)23-7-11/h1-5,7,9H,6,8H2,(H,25,30)(H,31,32)(H2,24,28,29). The van der Waals surface area contributed by atoms with Crippen LogP contribution in [0.5, 0.6) is 0 Å². The number of aromatic carboxylic acids is 1. The van der Waals surface area contributed by atoms with Crippen LogP contribution in [0.4, 0.5) is 10.2 Å². The maximum absolute atomic E-state index is 13.3. The lowest BCUT2D eigenvalue weighted by Crippen LogP contribution is -2.24. The van der Waals surface area contributed by atoms with Gasteiger partial charge in [-0.05, 0) is 29.3 Å². The van der Waals surface area contributed by atoms with Gasteiger partial charge in [0, 0.05) is 19.3 Å². The summed E-state index contributed by atoms with van der Waals surface area (Å²) in [6, 6.07) is 7.22. The highest BCUT2D eigenvalue weighted by Crippen LogP contribution is 2.21. The first-order valence-electron chi connectivity index (χ1n) is 9.25. The molecule has 4 rings (SSSR count). The quantitative estimate of drug-likeness (QED) is 0.333. The van der Waals surface area contributed by atoms with E-state index in [9.17, 15) is 14.0 Å². The fourth-order valence-electron chi connectivity index (χ4n) is 2.89. The minimum absolute atomic E-state index is 0.0294. The largest absolute Gasteiger partial charge is 0.477 e. The van der Waals surface area contributed by atoms with Gasteiger partial charge in [0.25, 0.3) is 5.91 Å². The van der Waals surface area contributed by atoms with E-state index >= 15 is 0 Å². The number of anilines is 1. The summed E-state index contributed by atoms with van der Waals surface area (Å²) in [6.07, 6.45) is 2.69. The molecule has 0 aliphatic rings. The Bertz CT molecular complexity index is 1310. The fourth-order valence-corrected chi connectivity index (χ4v) is 3.09. The van der Waals surface area contributed by atoms with Crippen LogP contribution < -0.4 is 10.6 Å². The number of nitrogens with zero attached hydrogens (tertiary/aromatic N) is 4.